The average molecular weight is 478 g/mol. The summed E-state index contributed by atoms with van der Waals surface area (Å²) in [6.45, 7) is 1.73. The molecule has 0 aliphatic heterocycles. The smallest absolute Gasteiger partial charge is 0.352 e. The number of hydrogen-bond acceptors (Lipinski definition) is 6. The number of carbonyl (C=O) groups is 2. The molecule has 0 radical (unpaired) electrons. The minimum atomic E-state index is -0.955. The Labute approximate surface area is 195 Å². The van der Waals surface area contributed by atoms with Crippen LogP contribution in [0.3, 0.4) is 0 Å². The van der Waals surface area contributed by atoms with Crippen molar-refractivity contribution in [3.63, 3.8) is 0 Å². The molecule has 1 aromatic heterocycles. The summed E-state index contributed by atoms with van der Waals surface area (Å²) in [5.74, 6) is -0.981. The van der Waals surface area contributed by atoms with Crippen LogP contribution >= 0.6 is 11.6 Å². The zero-order chi connectivity index (χ0) is 24.0. The van der Waals surface area contributed by atoms with Crippen molar-refractivity contribution >= 4 is 23.4 Å². The average Bonchev–Trinajstić information content (AvgIpc) is 3.01. The van der Waals surface area contributed by atoms with Gasteiger partial charge < -0.3 is 15.7 Å². The molecule has 1 saturated carbocycles. The summed E-state index contributed by atoms with van der Waals surface area (Å²) in [6, 6.07) is 4.30. The van der Waals surface area contributed by atoms with Crippen LogP contribution in [-0.4, -0.2) is 50.0 Å². The monoisotopic (exact) mass is 477 g/mol. The lowest BCUT2D eigenvalue weighted by molar-refractivity contribution is -0.121. The van der Waals surface area contributed by atoms with Gasteiger partial charge >= 0.3 is 5.69 Å². The van der Waals surface area contributed by atoms with E-state index in [2.05, 4.69) is 15.7 Å². The van der Waals surface area contributed by atoms with Crippen LogP contribution in [0.15, 0.2) is 34.0 Å². The maximum Gasteiger partial charge on any atom is 0.352 e. The highest BCUT2D eigenvalue weighted by Gasteiger charge is 2.29. The molecular formula is C22H28ClN5O5. The standard InChI is InChI=1S/C22H28ClN5O5/c1-2-24-18(29)13-27-19(30)12-26-28(21(27)32)15-7-8-17(23)16(11-15)20(31)25-14-22(33)9-5-3-4-6-10-22/h7-8,11-12,33H,2-6,9-10,13-14H2,1H3,(H,24,29)(H,25,31). The normalized spacial score (nSPS) is 15.5. The fourth-order valence-corrected chi connectivity index (χ4v) is 4.08. The van der Waals surface area contributed by atoms with Crippen LogP contribution in [0, 0.1) is 0 Å². The van der Waals surface area contributed by atoms with E-state index in [1.807, 2.05) is 0 Å². The molecule has 10 nitrogen and oxygen atoms in total. The Morgan fingerprint density at radius 3 is 2.52 bits per heavy atom. The van der Waals surface area contributed by atoms with Crippen molar-refractivity contribution in [1.29, 1.82) is 0 Å². The first-order chi connectivity index (χ1) is 15.7. The van der Waals surface area contributed by atoms with Crippen molar-refractivity contribution in [3.05, 3.63) is 55.8 Å². The van der Waals surface area contributed by atoms with Crippen LogP contribution in [0.1, 0.15) is 55.8 Å². The van der Waals surface area contributed by atoms with E-state index in [1.165, 1.54) is 18.2 Å². The maximum atomic E-state index is 12.8. The van der Waals surface area contributed by atoms with Crippen LogP contribution in [0.25, 0.3) is 5.69 Å². The Morgan fingerprint density at radius 2 is 1.85 bits per heavy atom. The summed E-state index contributed by atoms with van der Waals surface area (Å²) in [4.78, 5) is 49.6. The molecule has 0 spiro atoms. The molecule has 33 heavy (non-hydrogen) atoms. The molecular weight excluding hydrogens is 450 g/mol. The lowest BCUT2D eigenvalue weighted by atomic mass is 9.94. The van der Waals surface area contributed by atoms with E-state index >= 15 is 0 Å². The van der Waals surface area contributed by atoms with E-state index in [4.69, 9.17) is 11.6 Å². The van der Waals surface area contributed by atoms with Gasteiger partial charge in [-0.1, -0.05) is 37.3 Å². The number of aliphatic hydroxyl groups is 1. The second-order valence-electron chi connectivity index (χ2n) is 8.20. The molecule has 1 aliphatic carbocycles. The van der Waals surface area contributed by atoms with Gasteiger partial charge in [0.2, 0.25) is 5.91 Å². The zero-order valence-corrected chi connectivity index (χ0v) is 19.2. The Hall–Kier alpha value is -2.98. The number of likely N-dealkylation sites (N-methyl/N-ethyl adjacent to an activating group) is 1. The van der Waals surface area contributed by atoms with E-state index in [9.17, 15) is 24.3 Å². The van der Waals surface area contributed by atoms with Gasteiger partial charge in [-0.2, -0.15) is 9.78 Å². The number of amides is 2. The van der Waals surface area contributed by atoms with Crippen LogP contribution < -0.4 is 21.9 Å². The quantitative estimate of drug-likeness (QED) is 0.509. The molecule has 0 bridgehead atoms. The molecule has 3 rings (SSSR count). The molecule has 1 aromatic carbocycles. The van der Waals surface area contributed by atoms with Gasteiger partial charge in [0, 0.05) is 13.1 Å². The van der Waals surface area contributed by atoms with Crippen molar-refractivity contribution in [2.24, 2.45) is 0 Å². The number of aromatic nitrogens is 3. The van der Waals surface area contributed by atoms with Crippen LogP contribution in [-0.2, 0) is 11.3 Å². The van der Waals surface area contributed by atoms with Crippen LogP contribution in [0.2, 0.25) is 5.02 Å². The van der Waals surface area contributed by atoms with Gasteiger partial charge in [0.1, 0.15) is 12.7 Å². The molecule has 0 atom stereocenters. The molecule has 11 heteroatoms. The molecule has 1 aliphatic rings. The fraction of sp³-hybridized carbons (Fsp3) is 0.500. The highest BCUT2D eigenvalue weighted by molar-refractivity contribution is 6.33. The summed E-state index contributed by atoms with van der Waals surface area (Å²) in [5, 5.41) is 20.1. The van der Waals surface area contributed by atoms with Gasteiger partial charge in [-0.05, 0) is 38.0 Å². The molecule has 1 heterocycles. The van der Waals surface area contributed by atoms with Crippen molar-refractivity contribution in [3.8, 4) is 5.69 Å². The summed E-state index contributed by atoms with van der Waals surface area (Å²) >= 11 is 6.22. The first-order valence-electron chi connectivity index (χ1n) is 11.0. The molecule has 2 amide bonds. The largest absolute Gasteiger partial charge is 0.388 e. The van der Waals surface area contributed by atoms with E-state index in [-0.39, 0.29) is 22.8 Å². The van der Waals surface area contributed by atoms with Crippen LogP contribution in [0.5, 0.6) is 0 Å². The number of hydrogen-bond donors (Lipinski definition) is 3. The predicted octanol–water partition coefficient (Wildman–Crippen LogP) is 0.999. The number of carbonyl (C=O) groups excluding carboxylic acids is 2. The van der Waals surface area contributed by atoms with E-state index < -0.39 is 35.2 Å². The molecule has 3 N–H and O–H groups in total. The number of nitrogens with one attached hydrogen (secondary N) is 2. The molecule has 0 saturated heterocycles. The van der Waals surface area contributed by atoms with Gasteiger partial charge in [0.15, 0.2) is 0 Å². The highest BCUT2D eigenvalue weighted by atomic mass is 35.5. The van der Waals surface area contributed by atoms with Crippen molar-refractivity contribution in [2.75, 3.05) is 13.1 Å². The highest BCUT2D eigenvalue weighted by Crippen LogP contribution is 2.26. The predicted molar refractivity (Wildman–Crippen MR) is 123 cm³/mol. The summed E-state index contributed by atoms with van der Waals surface area (Å²) < 4.78 is 1.68. The Bertz CT molecular complexity index is 1130. The first-order valence-corrected chi connectivity index (χ1v) is 11.4. The maximum absolute atomic E-state index is 12.8. The lowest BCUT2D eigenvalue weighted by Crippen LogP contribution is -2.44. The third-order valence-electron chi connectivity index (χ3n) is 5.69. The Balaban J connectivity index is 1.85. The van der Waals surface area contributed by atoms with Crippen LogP contribution in [0.4, 0.5) is 0 Å². The minimum absolute atomic E-state index is 0.0987. The second kappa shape index (κ2) is 10.8. The number of benzene rings is 1. The van der Waals surface area contributed by atoms with Gasteiger partial charge in [0.05, 0.1) is 21.9 Å². The first kappa shape index (κ1) is 24.7. The molecule has 1 fully saturated rings. The third-order valence-corrected chi connectivity index (χ3v) is 6.02. The minimum Gasteiger partial charge on any atom is -0.388 e. The lowest BCUT2D eigenvalue weighted by Gasteiger charge is -2.26. The van der Waals surface area contributed by atoms with Crippen molar-refractivity contribution < 1.29 is 14.7 Å². The van der Waals surface area contributed by atoms with Crippen molar-refractivity contribution in [2.45, 2.75) is 57.6 Å². The van der Waals surface area contributed by atoms with E-state index in [0.717, 1.165) is 41.1 Å². The number of rotatable bonds is 7. The Morgan fingerprint density at radius 1 is 1.15 bits per heavy atom. The topological polar surface area (TPSA) is 135 Å². The van der Waals surface area contributed by atoms with Crippen molar-refractivity contribution in [1.82, 2.24) is 25.0 Å². The number of halogens is 1. The summed E-state index contributed by atoms with van der Waals surface area (Å²) in [6.07, 6.45) is 6.10. The second-order valence-corrected chi connectivity index (χ2v) is 8.61. The number of nitrogens with zero attached hydrogens (tertiary/aromatic N) is 3. The molecule has 2 aromatic rings. The fourth-order valence-electron chi connectivity index (χ4n) is 3.88. The van der Waals surface area contributed by atoms with Gasteiger partial charge in [-0.25, -0.2) is 9.36 Å². The van der Waals surface area contributed by atoms with E-state index in [1.54, 1.807) is 6.92 Å². The zero-order valence-electron chi connectivity index (χ0n) is 18.5. The SMILES string of the molecule is CCNC(=O)Cn1c(=O)cnn(-c2ccc(Cl)c(C(=O)NCC3(O)CCCCCC3)c2)c1=O. The summed E-state index contributed by atoms with van der Waals surface area (Å²) in [5.41, 5.74) is -2.20. The van der Waals surface area contributed by atoms with E-state index in [0.29, 0.717) is 19.4 Å². The Kier molecular flexibility index (Phi) is 8.04. The van der Waals surface area contributed by atoms with Gasteiger partial charge in [-0.15, -0.1) is 0 Å². The molecule has 178 valence electrons. The third kappa shape index (κ3) is 6.08. The van der Waals surface area contributed by atoms with Gasteiger partial charge in [-0.3, -0.25) is 14.4 Å². The summed E-state index contributed by atoms with van der Waals surface area (Å²) in [7, 11) is 0. The molecule has 0 unspecified atom stereocenters. The van der Waals surface area contributed by atoms with Gasteiger partial charge in [0.25, 0.3) is 11.5 Å².